The Bertz CT molecular complexity index is 245. The van der Waals surface area contributed by atoms with Gasteiger partial charge in [0.05, 0.1) is 6.07 Å². The molecule has 0 aliphatic rings. The monoisotopic (exact) mass is 225 g/mol. The molecule has 16 heavy (non-hydrogen) atoms. The maximum atomic E-state index is 11.2. The molecule has 0 aliphatic heterocycles. The summed E-state index contributed by atoms with van der Waals surface area (Å²) in [6, 6.07) is 2.48. The van der Waals surface area contributed by atoms with Crippen molar-refractivity contribution < 1.29 is 4.79 Å². The molecule has 0 saturated carbocycles. The van der Waals surface area contributed by atoms with Gasteiger partial charge in [-0.05, 0) is 47.2 Å². The maximum absolute atomic E-state index is 11.2. The topological polar surface area (TPSA) is 56.1 Å². The van der Waals surface area contributed by atoms with Crippen LogP contribution in [0.5, 0.6) is 0 Å². The highest BCUT2D eigenvalue weighted by Gasteiger charge is 2.09. The van der Waals surface area contributed by atoms with Crippen molar-refractivity contribution in [2.45, 2.75) is 39.7 Å². The van der Waals surface area contributed by atoms with Crippen LogP contribution in [0.15, 0.2) is 0 Å². The van der Waals surface area contributed by atoms with E-state index in [0.717, 1.165) is 19.4 Å². The molecule has 0 radical (unpaired) electrons. The van der Waals surface area contributed by atoms with Crippen molar-refractivity contribution in [3.05, 3.63) is 0 Å². The predicted molar refractivity (Wildman–Crippen MR) is 64.8 cm³/mol. The Morgan fingerprint density at radius 1 is 1.38 bits per heavy atom. The normalized spacial score (nSPS) is 12.6. The minimum atomic E-state index is -0.543. The number of hydrogen-bond donors (Lipinski definition) is 1. The molecule has 1 amide bonds. The Labute approximate surface area is 98.6 Å². The largest absolute Gasteiger partial charge is 0.355 e. The summed E-state index contributed by atoms with van der Waals surface area (Å²) in [4.78, 5) is 13.5. The van der Waals surface area contributed by atoms with Gasteiger partial charge in [0.2, 0.25) is 5.91 Å². The van der Waals surface area contributed by atoms with E-state index in [0.29, 0.717) is 12.6 Å². The van der Waals surface area contributed by atoms with Crippen molar-refractivity contribution >= 4 is 5.91 Å². The second kappa shape index (κ2) is 8.12. The molecule has 0 aromatic carbocycles. The molecule has 1 atom stereocenters. The Morgan fingerprint density at radius 3 is 2.50 bits per heavy atom. The number of carbonyl (C=O) groups is 1. The van der Waals surface area contributed by atoms with E-state index in [1.54, 1.807) is 6.92 Å². The zero-order valence-electron chi connectivity index (χ0n) is 10.8. The summed E-state index contributed by atoms with van der Waals surface area (Å²) in [5, 5.41) is 11.3. The lowest BCUT2D eigenvalue weighted by molar-refractivity contribution is -0.122. The van der Waals surface area contributed by atoms with E-state index < -0.39 is 5.92 Å². The third-order valence-corrected chi connectivity index (χ3v) is 2.71. The van der Waals surface area contributed by atoms with Crippen LogP contribution in [0.2, 0.25) is 0 Å². The predicted octanol–water partition coefficient (Wildman–Crippen LogP) is 1.38. The van der Waals surface area contributed by atoms with Crippen LogP contribution in [0.25, 0.3) is 0 Å². The van der Waals surface area contributed by atoms with E-state index in [4.69, 9.17) is 5.26 Å². The smallest absolute Gasteiger partial charge is 0.237 e. The van der Waals surface area contributed by atoms with E-state index in [1.807, 2.05) is 6.07 Å². The number of unbranched alkanes of at least 4 members (excludes halogenated alkanes) is 1. The summed E-state index contributed by atoms with van der Waals surface area (Å²) in [6.45, 7) is 7.65. The molecule has 0 aromatic rings. The molecule has 0 rings (SSSR count). The van der Waals surface area contributed by atoms with Crippen LogP contribution < -0.4 is 5.32 Å². The fourth-order valence-corrected chi connectivity index (χ4v) is 1.17. The number of carbonyl (C=O) groups excluding carboxylic acids is 1. The van der Waals surface area contributed by atoms with Gasteiger partial charge >= 0.3 is 0 Å². The number of rotatable bonds is 7. The van der Waals surface area contributed by atoms with Crippen LogP contribution in [0.1, 0.15) is 33.6 Å². The Balaban J connectivity index is 3.48. The maximum Gasteiger partial charge on any atom is 0.237 e. The molecule has 1 unspecified atom stereocenters. The SMILES string of the molecule is CC(C#N)C(=O)NCCCCN(C)C(C)C. The summed E-state index contributed by atoms with van der Waals surface area (Å²) < 4.78 is 0. The van der Waals surface area contributed by atoms with Gasteiger partial charge in [0.1, 0.15) is 5.92 Å². The standard InChI is InChI=1S/C12H23N3O/c1-10(2)15(4)8-6-5-7-14-12(16)11(3)9-13/h10-11H,5-8H2,1-4H3,(H,14,16). The Hall–Kier alpha value is -1.08. The minimum Gasteiger partial charge on any atom is -0.355 e. The fourth-order valence-electron chi connectivity index (χ4n) is 1.17. The summed E-state index contributed by atoms with van der Waals surface area (Å²) in [6.07, 6.45) is 2.02. The average Bonchev–Trinajstić information content (AvgIpc) is 2.26. The number of amides is 1. The third-order valence-electron chi connectivity index (χ3n) is 2.71. The molecule has 0 saturated heterocycles. The molecule has 92 valence electrons. The van der Waals surface area contributed by atoms with Crippen LogP contribution in [-0.2, 0) is 4.79 Å². The van der Waals surface area contributed by atoms with Gasteiger partial charge in [0, 0.05) is 12.6 Å². The van der Waals surface area contributed by atoms with Crippen molar-refractivity contribution in [1.29, 1.82) is 5.26 Å². The zero-order chi connectivity index (χ0) is 12.6. The van der Waals surface area contributed by atoms with Crippen molar-refractivity contribution in [1.82, 2.24) is 10.2 Å². The van der Waals surface area contributed by atoms with Crippen LogP contribution in [0.3, 0.4) is 0 Å². The van der Waals surface area contributed by atoms with Gasteiger partial charge in [0.25, 0.3) is 0 Å². The van der Waals surface area contributed by atoms with Crippen LogP contribution in [0, 0.1) is 17.2 Å². The second-order valence-electron chi connectivity index (χ2n) is 4.42. The van der Waals surface area contributed by atoms with Crippen LogP contribution >= 0.6 is 0 Å². The molecule has 0 fully saturated rings. The van der Waals surface area contributed by atoms with Gasteiger partial charge in [0.15, 0.2) is 0 Å². The van der Waals surface area contributed by atoms with Crippen molar-refractivity contribution in [3.63, 3.8) is 0 Å². The number of nitriles is 1. The van der Waals surface area contributed by atoms with Crippen LogP contribution in [0.4, 0.5) is 0 Å². The summed E-state index contributed by atoms with van der Waals surface area (Å²) in [7, 11) is 2.10. The van der Waals surface area contributed by atoms with Gasteiger partial charge in [-0.25, -0.2) is 0 Å². The lowest BCUT2D eigenvalue weighted by Crippen LogP contribution is -2.31. The number of nitrogens with zero attached hydrogens (tertiary/aromatic N) is 2. The highest BCUT2D eigenvalue weighted by molar-refractivity contribution is 5.80. The van der Waals surface area contributed by atoms with Crippen molar-refractivity contribution in [2.75, 3.05) is 20.1 Å². The molecule has 4 nitrogen and oxygen atoms in total. The number of nitrogens with one attached hydrogen (secondary N) is 1. The fraction of sp³-hybridized carbons (Fsp3) is 0.833. The first-order chi connectivity index (χ1) is 7.49. The molecule has 0 aliphatic carbocycles. The molecule has 0 bridgehead atoms. The number of hydrogen-bond acceptors (Lipinski definition) is 3. The van der Waals surface area contributed by atoms with E-state index >= 15 is 0 Å². The highest BCUT2D eigenvalue weighted by Crippen LogP contribution is 1.98. The zero-order valence-corrected chi connectivity index (χ0v) is 10.8. The first-order valence-corrected chi connectivity index (χ1v) is 5.86. The molecular formula is C12H23N3O. The lowest BCUT2D eigenvalue weighted by Gasteiger charge is -2.20. The van der Waals surface area contributed by atoms with Crippen LogP contribution in [-0.4, -0.2) is 37.0 Å². The summed E-state index contributed by atoms with van der Waals surface area (Å²) in [5.41, 5.74) is 0. The Kier molecular flexibility index (Phi) is 7.57. The minimum absolute atomic E-state index is 0.167. The van der Waals surface area contributed by atoms with Crippen molar-refractivity contribution in [3.8, 4) is 6.07 Å². The molecule has 1 N–H and O–H groups in total. The second-order valence-corrected chi connectivity index (χ2v) is 4.42. The highest BCUT2D eigenvalue weighted by atomic mass is 16.1. The van der Waals surface area contributed by atoms with E-state index in [-0.39, 0.29) is 5.91 Å². The quantitative estimate of drug-likeness (QED) is 0.666. The van der Waals surface area contributed by atoms with E-state index in [9.17, 15) is 4.79 Å². The van der Waals surface area contributed by atoms with Gasteiger partial charge in [-0.15, -0.1) is 0 Å². The third kappa shape index (κ3) is 6.41. The Morgan fingerprint density at radius 2 is 2.00 bits per heavy atom. The first kappa shape index (κ1) is 14.9. The van der Waals surface area contributed by atoms with Gasteiger partial charge < -0.3 is 10.2 Å². The van der Waals surface area contributed by atoms with Gasteiger partial charge in [-0.1, -0.05) is 0 Å². The summed E-state index contributed by atoms with van der Waals surface area (Å²) in [5.74, 6) is -0.710. The van der Waals surface area contributed by atoms with E-state index in [1.165, 1.54) is 0 Å². The van der Waals surface area contributed by atoms with Crippen molar-refractivity contribution in [2.24, 2.45) is 5.92 Å². The van der Waals surface area contributed by atoms with Gasteiger partial charge in [-0.3, -0.25) is 4.79 Å². The molecule has 0 heterocycles. The summed E-state index contributed by atoms with van der Waals surface area (Å²) >= 11 is 0. The van der Waals surface area contributed by atoms with E-state index in [2.05, 4.69) is 31.1 Å². The average molecular weight is 225 g/mol. The molecule has 0 spiro atoms. The van der Waals surface area contributed by atoms with Gasteiger partial charge in [-0.2, -0.15) is 5.26 Å². The molecule has 4 heteroatoms. The molecular weight excluding hydrogens is 202 g/mol. The lowest BCUT2D eigenvalue weighted by atomic mass is 10.2. The first-order valence-electron chi connectivity index (χ1n) is 5.86. The molecule has 0 aromatic heterocycles.